The second kappa shape index (κ2) is 9.93. The Labute approximate surface area is 145 Å². The predicted molar refractivity (Wildman–Crippen MR) is 97.6 cm³/mol. The zero-order valence-corrected chi connectivity index (χ0v) is 14.8. The van der Waals surface area contributed by atoms with E-state index in [4.69, 9.17) is 16.9 Å². The highest BCUT2D eigenvalue weighted by molar-refractivity contribution is 6.21. The van der Waals surface area contributed by atoms with Crippen LogP contribution in [-0.2, 0) is 0 Å². The number of benzene rings is 1. The van der Waals surface area contributed by atoms with Crippen LogP contribution < -0.4 is 0 Å². The van der Waals surface area contributed by atoms with Crippen molar-refractivity contribution in [3.63, 3.8) is 0 Å². The van der Waals surface area contributed by atoms with Crippen LogP contribution in [0.5, 0.6) is 0 Å². The van der Waals surface area contributed by atoms with Gasteiger partial charge in [0, 0.05) is 31.6 Å². The van der Waals surface area contributed by atoms with Crippen molar-refractivity contribution in [1.29, 1.82) is 5.26 Å². The Balaban J connectivity index is 0.000000816. The molecule has 23 heavy (non-hydrogen) atoms. The van der Waals surface area contributed by atoms with Gasteiger partial charge in [-0.25, -0.2) is 0 Å². The largest absolute Gasteiger partial charge is 0.356 e. The average molecular weight is 330 g/mol. The lowest BCUT2D eigenvalue weighted by Gasteiger charge is -2.32. The third kappa shape index (κ3) is 5.31. The molecule has 1 aliphatic rings. The number of hydrogen-bond acceptors (Lipinski definition) is 2. The Hall–Kier alpha value is -1.97. The number of likely N-dealkylation sites (tertiary alicyclic amines) is 1. The van der Waals surface area contributed by atoms with Gasteiger partial charge in [-0.05, 0) is 32.3 Å². The molecule has 3 nitrogen and oxygen atoms in total. The highest BCUT2D eigenvalue weighted by Gasteiger charge is 2.23. The molecule has 0 saturated carbocycles. The topological polar surface area (TPSA) is 39.4 Å². The molecule has 0 spiro atoms. The number of alkyl halides is 1. The Morgan fingerprint density at radius 1 is 1.39 bits per heavy atom. The normalized spacial score (nSPS) is 16.6. The lowest BCUT2D eigenvalue weighted by Crippen LogP contribution is -2.39. The summed E-state index contributed by atoms with van der Waals surface area (Å²) in [5.74, 6) is 3.43. The van der Waals surface area contributed by atoms with Crippen molar-refractivity contribution in [2.24, 2.45) is 10.9 Å². The van der Waals surface area contributed by atoms with Gasteiger partial charge in [0.25, 0.3) is 0 Å². The van der Waals surface area contributed by atoms with Crippen LogP contribution in [0, 0.1) is 29.6 Å². The molecule has 1 atom stereocenters. The standard InChI is InChI=1S/C16H20ClN3.C3H4/c1-12(17)14-5-3-4-6-15(14)16(19-2)20-9-7-13(11-18)8-10-20;1-3-2/h3-6,12-13H,7-10H2,1-2H3;1H,2H3. The van der Waals surface area contributed by atoms with E-state index < -0.39 is 0 Å². The molecular weight excluding hydrogens is 306 g/mol. The van der Waals surface area contributed by atoms with Crippen molar-refractivity contribution in [1.82, 2.24) is 4.90 Å². The van der Waals surface area contributed by atoms with E-state index in [0.29, 0.717) is 0 Å². The first kappa shape index (κ1) is 19.1. The van der Waals surface area contributed by atoms with Gasteiger partial charge < -0.3 is 4.90 Å². The summed E-state index contributed by atoms with van der Waals surface area (Å²) in [6.45, 7) is 5.40. The SMILES string of the molecule is C#CC.CN=C(c1ccccc1C(C)Cl)N1CCC(C#N)CC1. The summed E-state index contributed by atoms with van der Waals surface area (Å²) in [4.78, 5) is 6.75. The maximum atomic E-state index is 8.99. The number of terminal acetylenes is 1. The van der Waals surface area contributed by atoms with Crippen molar-refractivity contribution < 1.29 is 0 Å². The van der Waals surface area contributed by atoms with Gasteiger partial charge in [0.1, 0.15) is 5.84 Å². The second-order valence-electron chi connectivity index (χ2n) is 5.43. The number of hydrogen-bond donors (Lipinski definition) is 0. The fourth-order valence-corrected chi connectivity index (χ4v) is 2.89. The lowest BCUT2D eigenvalue weighted by atomic mass is 9.96. The molecule has 0 aromatic heterocycles. The van der Waals surface area contributed by atoms with Crippen LogP contribution in [0.4, 0.5) is 0 Å². The predicted octanol–water partition coefficient (Wildman–Crippen LogP) is 4.24. The summed E-state index contributed by atoms with van der Waals surface area (Å²) in [6, 6.07) is 10.5. The maximum absolute atomic E-state index is 8.99. The minimum absolute atomic E-state index is 0.0420. The first-order valence-corrected chi connectivity index (χ1v) is 8.24. The van der Waals surface area contributed by atoms with Crippen LogP contribution in [0.15, 0.2) is 29.3 Å². The summed E-state index contributed by atoms with van der Waals surface area (Å²) in [5.41, 5.74) is 2.21. The van der Waals surface area contributed by atoms with Crippen LogP contribution in [-0.4, -0.2) is 30.9 Å². The molecule has 2 rings (SSSR count). The van der Waals surface area contributed by atoms with Crippen molar-refractivity contribution in [2.75, 3.05) is 20.1 Å². The van der Waals surface area contributed by atoms with Crippen molar-refractivity contribution >= 4 is 17.4 Å². The molecule has 1 aliphatic heterocycles. The Bertz CT molecular complexity index is 600. The fraction of sp³-hybridized carbons (Fsp3) is 0.474. The van der Waals surface area contributed by atoms with Crippen molar-refractivity contribution in [3.05, 3.63) is 35.4 Å². The van der Waals surface area contributed by atoms with Gasteiger partial charge in [0.15, 0.2) is 0 Å². The number of rotatable bonds is 2. The molecular formula is C19H24ClN3. The molecule has 1 unspecified atom stereocenters. The number of nitrogens with zero attached hydrogens (tertiary/aromatic N) is 3. The maximum Gasteiger partial charge on any atom is 0.130 e. The lowest BCUT2D eigenvalue weighted by molar-refractivity contribution is 0.303. The minimum Gasteiger partial charge on any atom is -0.356 e. The number of nitriles is 1. The molecule has 1 saturated heterocycles. The minimum atomic E-state index is -0.0420. The summed E-state index contributed by atoms with van der Waals surface area (Å²) in [5, 5.41) is 8.95. The van der Waals surface area contributed by atoms with E-state index in [9.17, 15) is 0 Å². The highest BCUT2D eigenvalue weighted by Crippen LogP contribution is 2.26. The summed E-state index contributed by atoms with van der Waals surface area (Å²) < 4.78 is 0. The smallest absolute Gasteiger partial charge is 0.130 e. The van der Waals surface area contributed by atoms with Gasteiger partial charge in [-0.15, -0.1) is 23.9 Å². The van der Waals surface area contributed by atoms with E-state index in [1.165, 1.54) is 0 Å². The number of halogens is 1. The van der Waals surface area contributed by atoms with Crippen LogP contribution in [0.2, 0.25) is 0 Å². The fourth-order valence-electron chi connectivity index (χ4n) is 2.70. The third-order valence-electron chi connectivity index (χ3n) is 3.82. The summed E-state index contributed by atoms with van der Waals surface area (Å²) in [6.07, 6.45) is 6.42. The van der Waals surface area contributed by atoms with Crippen molar-refractivity contribution in [2.45, 2.75) is 32.1 Å². The number of piperidine rings is 1. The van der Waals surface area contributed by atoms with Crippen molar-refractivity contribution in [3.8, 4) is 18.4 Å². The van der Waals surface area contributed by atoms with E-state index >= 15 is 0 Å². The Morgan fingerprint density at radius 3 is 2.43 bits per heavy atom. The second-order valence-corrected chi connectivity index (χ2v) is 6.08. The van der Waals surface area contributed by atoms with E-state index in [1.54, 1.807) is 6.92 Å². The quantitative estimate of drug-likeness (QED) is 0.352. The van der Waals surface area contributed by atoms with Gasteiger partial charge in [-0.2, -0.15) is 5.26 Å². The van der Waals surface area contributed by atoms with Gasteiger partial charge in [-0.1, -0.05) is 24.3 Å². The molecule has 122 valence electrons. The third-order valence-corrected chi connectivity index (χ3v) is 4.05. The zero-order valence-electron chi connectivity index (χ0n) is 14.1. The molecule has 0 N–H and O–H groups in total. The molecule has 1 fully saturated rings. The van der Waals surface area contributed by atoms with Gasteiger partial charge in [0.05, 0.1) is 11.4 Å². The van der Waals surface area contributed by atoms with E-state index in [2.05, 4.69) is 40.4 Å². The summed E-state index contributed by atoms with van der Waals surface area (Å²) >= 11 is 6.28. The molecule has 0 radical (unpaired) electrons. The molecule has 4 heteroatoms. The van der Waals surface area contributed by atoms with Gasteiger partial charge >= 0.3 is 0 Å². The Morgan fingerprint density at radius 2 is 1.96 bits per heavy atom. The highest BCUT2D eigenvalue weighted by atomic mass is 35.5. The van der Waals surface area contributed by atoms with Crippen LogP contribution in [0.3, 0.4) is 0 Å². The average Bonchev–Trinajstić information content (AvgIpc) is 2.57. The van der Waals surface area contributed by atoms with Crippen LogP contribution in [0.1, 0.15) is 43.2 Å². The zero-order chi connectivity index (χ0) is 17.2. The summed E-state index contributed by atoms with van der Waals surface area (Å²) in [7, 11) is 1.82. The van der Waals surface area contributed by atoms with Crippen LogP contribution in [0.25, 0.3) is 0 Å². The molecule has 1 aromatic carbocycles. The monoisotopic (exact) mass is 329 g/mol. The van der Waals surface area contributed by atoms with E-state index in [-0.39, 0.29) is 11.3 Å². The first-order valence-electron chi connectivity index (χ1n) is 7.81. The van der Waals surface area contributed by atoms with E-state index in [0.717, 1.165) is 42.9 Å². The molecule has 0 aliphatic carbocycles. The van der Waals surface area contributed by atoms with E-state index in [1.807, 2.05) is 26.1 Å². The molecule has 1 aromatic rings. The number of amidine groups is 1. The molecule has 0 bridgehead atoms. The first-order chi connectivity index (χ1) is 11.1. The Kier molecular flexibility index (Phi) is 8.23. The van der Waals surface area contributed by atoms with Crippen LogP contribution >= 0.6 is 11.6 Å². The molecule has 1 heterocycles. The number of aliphatic imine (C=N–C) groups is 1. The molecule has 0 amide bonds. The van der Waals surface area contributed by atoms with Gasteiger partial charge in [-0.3, -0.25) is 4.99 Å². The van der Waals surface area contributed by atoms with Gasteiger partial charge in [0.2, 0.25) is 0 Å².